The van der Waals surface area contributed by atoms with Crippen molar-refractivity contribution in [2.75, 3.05) is 6.61 Å². The predicted molar refractivity (Wildman–Crippen MR) is 88.7 cm³/mol. The molecule has 0 amide bonds. The van der Waals surface area contributed by atoms with Crippen LogP contribution in [0.3, 0.4) is 0 Å². The number of ether oxygens (including phenoxy) is 1. The molecule has 0 heterocycles. The summed E-state index contributed by atoms with van der Waals surface area (Å²) in [5, 5.41) is 0. The lowest BCUT2D eigenvalue weighted by atomic mass is 10.0. The molecule has 106 valence electrons. The number of unbranched alkanes of at least 4 members (excludes halogenated alkanes) is 1. The highest BCUT2D eigenvalue weighted by molar-refractivity contribution is 9.11. The summed E-state index contributed by atoms with van der Waals surface area (Å²) in [6.07, 6.45) is 5.71. The van der Waals surface area contributed by atoms with E-state index in [1.165, 1.54) is 5.56 Å². The number of hydrogen-bond donors (Lipinski definition) is 1. The van der Waals surface area contributed by atoms with E-state index < -0.39 is 0 Å². The van der Waals surface area contributed by atoms with Gasteiger partial charge in [-0.05, 0) is 75.2 Å². The van der Waals surface area contributed by atoms with E-state index in [0.29, 0.717) is 6.61 Å². The molecule has 0 aliphatic carbocycles. The van der Waals surface area contributed by atoms with Crippen LogP contribution >= 0.6 is 31.9 Å². The minimum atomic E-state index is 0.207. The first-order valence-electron chi connectivity index (χ1n) is 6.55. The zero-order valence-corrected chi connectivity index (χ0v) is 14.5. The molecule has 19 heavy (non-hydrogen) atoms. The van der Waals surface area contributed by atoms with Crippen molar-refractivity contribution in [1.29, 1.82) is 0 Å². The van der Waals surface area contributed by atoms with Gasteiger partial charge in [-0.2, -0.15) is 0 Å². The molecular formula is C15H21Br2NO. The summed E-state index contributed by atoms with van der Waals surface area (Å²) < 4.78 is 7.73. The fraction of sp³-hybridized carbons (Fsp3) is 0.467. The van der Waals surface area contributed by atoms with Crippen LogP contribution in [0.2, 0.25) is 0 Å². The van der Waals surface area contributed by atoms with Gasteiger partial charge in [-0.1, -0.05) is 13.0 Å². The third-order valence-corrected chi connectivity index (χ3v) is 4.06. The Bertz CT molecular complexity index is 398. The number of hydrogen-bond acceptors (Lipinski definition) is 2. The summed E-state index contributed by atoms with van der Waals surface area (Å²) >= 11 is 7.13. The Morgan fingerprint density at radius 2 is 2.00 bits per heavy atom. The van der Waals surface area contributed by atoms with Gasteiger partial charge < -0.3 is 10.5 Å². The van der Waals surface area contributed by atoms with Crippen molar-refractivity contribution >= 4 is 31.9 Å². The summed E-state index contributed by atoms with van der Waals surface area (Å²) in [5.41, 5.74) is 7.20. The molecule has 0 fully saturated rings. The average Bonchev–Trinajstić information content (AvgIpc) is 2.37. The Hall–Kier alpha value is -0.320. The lowest BCUT2D eigenvalue weighted by Crippen LogP contribution is -2.21. The molecule has 0 bridgehead atoms. The quantitative estimate of drug-likeness (QED) is 0.509. The highest BCUT2D eigenvalue weighted by atomic mass is 79.9. The first-order valence-corrected chi connectivity index (χ1v) is 8.14. The molecule has 0 radical (unpaired) electrons. The monoisotopic (exact) mass is 389 g/mol. The second kappa shape index (κ2) is 8.77. The first kappa shape index (κ1) is 16.7. The number of rotatable bonds is 8. The Morgan fingerprint density at radius 3 is 2.53 bits per heavy atom. The Morgan fingerprint density at radius 1 is 1.37 bits per heavy atom. The van der Waals surface area contributed by atoms with Gasteiger partial charge in [0.2, 0.25) is 0 Å². The maximum atomic E-state index is 5.99. The molecular weight excluding hydrogens is 370 g/mol. The van der Waals surface area contributed by atoms with Gasteiger partial charge in [-0.25, -0.2) is 0 Å². The standard InChI is InChI=1S/C15H21Br2NO/c1-3-5-6-7-19-15-13(16)9-11(10-14(15)17)8-12(18)4-2/h3,9-10,12H,1,4-8,18H2,2H3. The topological polar surface area (TPSA) is 35.2 Å². The summed E-state index contributed by atoms with van der Waals surface area (Å²) in [6.45, 7) is 6.50. The normalized spacial score (nSPS) is 12.2. The lowest BCUT2D eigenvalue weighted by molar-refractivity contribution is 0.308. The molecule has 1 unspecified atom stereocenters. The van der Waals surface area contributed by atoms with E-state index in [0.717, 1.165) is 40.4 Å². The van der Waals surface area contributed by atoms with Crippen LogP contribution in [0.15, 0.2) is 33.7 Å². The molecule has 4 heteroatoms. The van der Waals surface area contributed by atoms with Crippen LogP contribution in [0, 0.1) is 0 Å². The molecule has 1 rings (SSSR count). The number of nitrogens with two attached hydrogens (primary N) is 1. The third-order valence-electron chi connectivity index (χ3n) is 2.88. The van der Waals surface area contributed by atoms with Crippen molar-refractivity contribution in [3.05, 3.63) is 39.3 Å². The van der Waals surface area contributed by atoms with Crippen LogP contribution in [-0.4, -0.2) is 12.6 Å². The highest BCUT2D eigenvalue weighted by Gasteiger charge is 2.10. The summed E-state index contributed by atoms with van der Waals surface area (Å²) in [6, 6.07) is 4.38. The van der Waals surface area contributed by atoms with Crippen molar-refractivity contribution in [3.63, 3.8) is 0 Å². The Kier molecular flexibility index (Phi) is 7.73. The van der Waals surface area contributed by atoms with Crippen molar-refractivity contribution in [1.82, 2.24) is 0 Å². The van der Waals surface area contributed by atoms with Crippen molar-refractivity contribution < 1.29 is 4.74 Å². The van der Waals surface area contributed by atoms with Gasteiger partial charge in [0.1, 0.15) is 5.75 Å². The second-order valence-electron chi connectivity index (χ2n) is 4.54. The minimum Gasteiger partial charge on any atom is -0.491 e. The van der Waals surface area contributed by atoms with Crippen LogP contribution in [0.1, 0.15) is 31.7 Å². The molecule has 0 spiro atoms. The van der Waals surface area contributed by atoms with Crippen LogP contribution < -0.4 is 10.5 Å². The van der Waals surface area contributed by atoms with Gasteiger partial charge >= 0.3 is 0 Å². The fourth-order valence-corrected chi connectivity index (χ4v) is 3.23. The summed E-state index contributed by atoms with van der Waals surface area (Å²) in [5.74, 6) is 0.859. The SMILES string of the molecule is C=CCCCOc1c(Br)cc(CC(N)CC)cc1Br. The number of benzene rings is 1. The average molecular weight is 391 g/mol. The van der Waals surface area contributed by atoms with Gasteiger partial charge in [-0.3, -0.25) is 0 Å². The van der Waals surface area contributed by atoms with Gasteiger partial charge in [0.15, 0.2) is 0 Å². The van der Waals surface area contributed by atoms with Gasteiger partial charge in [0.25, 0.3) is 0 Å². The molecule has 1 aromatic carbocycles. The zero-order valence-electron chi connectivity index (χ0n) is 11.3. The Labute approximate surface area is 132 Å². The maximum Gasteiger partial charge on any atom is 0.147 e. The lowest BCUT2D eigenvalue weighted by Gasteiger charge is -2.14. The molecule has 1 atom stereocenters. The smallest absolute Gasteiger partial charge is 0.147 e. The van der Waals surface area contributed by atoms with E-state index in [2.05, 4.69) is 57.5 Å². The number of allylic oxidation sites excluding steroid dienone is 1. The largest absolute Gasteiger partial charge is 0.491 e. The number of halogens is 2. The highest BCUT2D eigenvalue weighted by Crippen LogP contribution is 2.35. The van der Waals surface area contributed by atoms with E-state index in [4.69, 9.17) is 10.5 Å². The molecule has 0 aliphatic rings. The van der Waals surface area contributed by atoms with Crippen LogP contribution in [0.4, 0.5) is 0 Å². The Balaban J connectivity index is 2.71. The molecule has 0 saturated heterocycles. The van der Waals surface area contributed by atoms with E-state index >= 15 is 0 Å². The second-order valence-corrected chi connectivity index (χ2v) is 6.25. The molecule has 0 aromatic heterocycles. The van der Waals surface area contributed by atoms with Gasteiger partial charge in [0, 0.05) is 6.04 Å². The zero-order chi connectivity index (χ0) is 14.3. The van der Waals surface area contributed by atoms with Crippen molar-refractivity contribution in [2.24, 2.45) is 5.73 Å². The van der Waals surface area contributed by atoms with Crippen LogP contribution in [-0.2, 0) is 6.42 Å². The van der Waals surface area contributed by atoms with Crippen LogP contribution in [0.25, 0.3) is 0 Å². The molecule has 0 aliphatic heterocycles. The fourth-order valence-electron chi connectivity index (χ4n) is 1.72. The summed E-state index contributed by atoms with van der Waals surface area (Å²) in [7, 11) is 0. The molecule has 1 aromatic rings. The van der Waals surface area contributed by atoms with E-state index in [1.54, 1.807) is 0 Å². The van der Waals surface area contributed by atoms with E-state index in [1.807, 2.05) is 6.08 Å². The van der Waals surface area contributed by atoms with Gasteiger partial charge in [-0.15, -0.1) is 6.58 Å². The predicted octanol–water partition coefficient (Wildman–Crippen LogP) is 4.84. The summed E-state index contributed by atoms with van der Waals surface area (Å²) in [4.78, 5) is 0. The van der Waals surface area contributed by atoms with Crippen LogP contribution in [0.5, 0.6) is 5.75 Å². The first-order chi connectivity index (χ1) is 9.08. The van der Waals surface area contributed by atoms with Crippen molar-refractivity contribution in [3.8, 4) is 5.75 Å². The molecule has 0 saturated carbocycles. The third kappa shape index (κ3) is 5.67. The van der Waals surface area contributed by atoms with Gasteiger partial charge in [0.05, 0.1) is 15.6 Å². The van der Waals surface area contributed by atoms with E-state index in [9.17, 15) is 0 Å². The van der Waals surface area contributed by atoms with E-state index in [-0.39, 0.29) is 6.04 Å². The minimum absolute atomic E-state index is 0.207. The van der Waals surface area contributed by atoms with Crippen molar-refractivity contribution in [2.45, 2.75) is 38.6 Å². The molecule has 2 N–H and O–H groups in total. The maximum absolute atomic E-state index is 5.99. The molecule has 2 nitrogen and oxygen atoms in total.